The molecule has 0 rings (SSSR count). The van der Waals surface area contributed by atoms with Crippen molar-refractivity contribution in [2.75, 3.05) is 19.8 Å². The number of hydrogen-bond acceptors (Lipinski definition) is 3. The van der Waals surface area contributed by atoms with Crippen LogP contribution < -0.4 is 0 Å². The van der Waals surface area contributed by atoms with E-state index in [0.29, 0.717) is 6.42 Å². The smallest absolute Gasteiger partial charge is 0.223 e. The largest absolute Gasteiger partial charge is 0.395 e. The molecule has 0 bridgehead atoms. The van der Waals surface area contributed by atoms with E-state index in [1.807, 2.05) is 6.92 Å². The Balaban J connectivity index is 4.49. The Bertz CT molecular complexity index is 180. The van der Waals surface area contributed by atoms with E-state index in [9.17, 15) is 4.79 Å². The monoisotopic (exact) mass is 203 g/mol. The van der Waals surface area contributed by atoms with Crippen LogP contribution in [0.15, 0.2) is 0 Å². The van der Waals surface area contributed by atoms with Gasteiger partial charge in [-0.25, -0.2) is 0 Å². The lowest BCUT2D eigenvalue weighted by atomic mass is 10.0. The SMILES string of the molecule is CCCC(=O)N(CCO)C(C)(C)CO. The Kier molecular flexibility index (Phi) is 5.72. The number of β-amino-alcohol motifs (C(OH)–C–C–N with tert-alkyl or cyclic N) is 1. The molecule has 0 aliphatic heterocycles. The van der Waals surface area contributed by atoms with Crippen LogP contribution in [0.2, 0.25) is 0 Å². The fourth-order valence-corrected chi connectivity index (χ4v) is 1.30. The van der Waals surface area contributed by atoms with Gasteiger partial charge in [0.15, 0.2) is 0 Å². The molecule has 0 unspecified atom stereocenters. The molecular formula is C10H21NO3. The number of carbonyl (C=O) groups excluding carboxylic acids is 1. The minimum Gasteiger partial charge on any atom is -0.395 e. The van der Waals surface area contributed by atoms with E-state index in [1.54, 1.807) is 13.8 Å². The zero-order valence-electron chi connectivity index (χ0n) is 9.29. The predicted octanol–water partition coefficient (Wildman–Crippen LogP) is 0.378. The minimum atomic E-state index is -0.588. The molecule has 0 atom stereocenters. The number of amides is 1. The van der Waals surface area contributed by atoms with Gasteiger partial charge in [0.25, 0.3) is 0 Å². The van der Waals surface area contributed by atoms with Crippen molar-refractivity contribution in [2.24, 2.45) is 0 Å². The van der Waals surface area contributed by atoms with Crippen LogP contribution in [-0.2, 0) is 4.79 Å². The predicted molar refractivity (Wildman–Crippen MR) is 54.9 cm³/mol. The Morgan fingerprint density at radius 3 is 2.29 bits per heavy atom. The van der Waals surface area contributed by atoms with Gasteiger partial charge < -0.3 is 15.1 Å². The molecule has 0 aromatic carbocycles. The third-order valence-electron chi connectivity index (χ3n) is 2.21. The van der Waals surface area contributed by atoms with Gasteiger partial charge in [0.05, 0.1) is 18.8 Å². The number of aliphatic hydroxyl groups is 2. The molecule has 0 aromatic heterocycles. The summed E-state index contributed by atoms with van der Waals surface area (Å²) in [5.41, 5.74) is -0.588. The summed E-state index contributed by atoms with van der Waals surface area (Å²) in [6.45, 7) is 5.63. The van der Waals surface area contributed by atoms with E-state index in [4.69, 9.17) is 10.2 Å². The molecule has 4 nitrogen and oxygen atoms in total. The van der Waals surface area contributed by atoms with Gasteiger partial charge in [0.2, 0.25) is 5.91 Å². The third kappa shape index (κ3) is 3.64. The first-order valence-electron chi connectivity index (χ1n) is 5.01. The second-order valence-corrected chi connectivity index (χ2v) is 3.99. The standard InChI is InChI=1S/C10H21NO3/c1-4-5-9(14)11(6-7-12)10(2,3)8-13/h12-13H,4-8H2,1-3H3. The molecule has 0 spiro atoms. The van der Waals surface area contributed by atoms with Crippen LogP contribution >= 0.6 is 0 Å². The molecule has 0 aliphatic carbocycles. The molecule has 0 saturated carbocycles. The van der Waals surface area contributed by atoms with Gasteiger partial charge in [-0.05, 0) is 20.3 Å². The first-order valence-corrected chi connectivity index (χ1v) is 5.01. The Morgan fingerprint density at radius 1 is 1.36 bits per heavy atom. The maximum atomic E-state index is 11.6. The summed E-state index contributed by atoms with van der Waals surface area (Å²) in [4.78, 5) is 13.2. The minimum absolute atomic E-state index is 0.0133. The lowest BCUT2D eigenvalue weighted by Crippen LogP contribution is -2.51. The first kappa shape index (κ1) is 13.4. The van der Waals surface area contributed by atoms with Crippen LogP contribution in [0.25, 0.3) is 0 Å². The normalized spacial score (nSPS) is 11.5. The van der Waals surface area contributed by atoms with Gasteiger partial charge in [-0.2, -0.15) is 0 Å². The molecule has 2 N–H and O–H groups in total. The molecular weight excluding hydrogens is 182 g/mol. The number of hydrogen-bond donors (Lipinski definition) is 2. The summed E-state index contributed by atoms with van der Waals surface area (Å²) < 4.78 is 0. The number of rotatable bonds is 6. The summed E-state index contributed by atoms with van der Waals surface area (Å²) >= 11 is 0. The maximum Gasteiger partial charge on any atom is 0.223 e. The summed E-state index contributed by atoms with van der Waals surface area (Å²) in [6.07, 6.45) is 1.24. The highest BCUT2D eigenvalue weighted by molar-refractivity contribution is 5.76. The average Bonchev–Trinajstić information content (AvgIpc) is 2.14. The van der Waals surface area contributed by atoms with Gasteiger partial charge >= 0.3 is 0 Å². The Hall–Kier alpha value is -0.610. The lowest BCUT2D eigenvalue weighted by Gasteiger charge is -2.37. The zero-order valence-corrected chi connectivity index (χ0v) is 9.29. The molecule has 0 radical (unpaired) electrons. The van der Waals surface area contributed by atoms with Crippen LogP contribution in [0.5, 0.6) is 0 Å². The molecule has 0 heterocycles. The van der Waals surface area contributed by atoms with Gasteiger partial charge in [0, 0.05) is 13.0 Å². The van der Waals surface area contributed by atoms with Crippen molar-refractivity contribution in [1.82, 2.24) is 4.90 Å². The quantitative estimate of drug-likeness (QED) is 0.656. The van der Waals surface area contributed by atoms with E-state index in [2.05, 4.69) is 0 Å². The summed E-state index contributed by atoms with van der Waals surface area (Å²) in [7, 11) is 0. The summed E-state index contributed by atoms with van der Waals surface area (Å²) in [5, 5.41) is 18.0. The third-order valence-corrected chi connectivity index (χ3v) is 2.21. The van der Waals surface area contributed by atoms with E-state index < -0.39 is 5.54 Å². The van der Waals surface area contributed by atoms with E-state index >= 15 is 0 Å². The fraction of sp³-hybridized carbons (Fsp3) is 0.900. The lowest BCUT2D eigenvalue weighted by molar-refractivity contribution is -0.138. The molecule has 14 heavy (non-hydrogen) atoms. The summed E-state index contributed by atoms with van der Waals surface area (Å²) in [5.74, 6) is -0.0133. The van der Waals surface area contributed by atoms with Crippen LogP contribution in [0.4, 0.5) is 0 Å². The van der Waals surface area contributed by atoms with Crippen LogP contribution in [-0.4, -0.2) is 46.3 Å². The molecule has 0 fully saturated rings. The van der Waals surface area contributed by atoms with Gasteiger partial charge in [-0.1, -0.05) is 6.92 Å². The van der Waals surface area contributed by atoms with Crippen molar-refractivity contribution in [3.05, 3.63) is 0 Å². The Morgan fingerprint density at radius 2 is 1.93 bits per heavy atom. The second kappa shape index (κ2) is 5.98. The summed E-state index contributed by atoms with van der Waals surface area (Å²) in [6, 6.07) is 0. The fourth-order valence-electron chi connectivity index (χ4n) is 1.30. The van der Waals surface area contributed by atoms with Crippen LogP contribution in [0.3, 0.4) is 0 Å². The van der Waals surface area contributed by atoms with Crippen LogP contribution in [0.1, 0.15) is 33.6 Å². The number of nitrogens with zero attached hydrogens (tertiary/aromatic N) is 1. The topological polar surface area (TPSA) is 60.8 Å². The van der Waals surface area contributed by atoms with E-state index in [0.717, 1.165) is 6.42 Å². The van der Waals surface area contributed by atoms with Crippen molar-refractivity contribution in [3.8, 4) is 0 Å². The molecule has 4 heteroatoms. The van der Waals surface area contributed by atoms with Crippen molar-refractivity contribution in [3.63, 3.8) is 0 Å². The number of carbonyl (C=O) groups is 1. The van der Waals surface area contributed by atoms with Crippen molar-refractivity contribution in [2.45, 2.75) is 39.2 Å². The van der Waals surface area contributed by atoms with Gasteiger partial charge in [0.1, 0.15) is 0 Å². The molecule has 1 amide bonds. The Labute approximate surface area is 85.5 Å². The average molecular weight is 203 g/mol. The molecule has 0 aliphatic rings. The van der Waals surface area contributed by atoms with Crippen molar-refractivity contribution < 1.29 is 15.0 Å². The van der Waals surface area contributed by atoms with Crippen LogP contribution in [0, 0.1) is 0 Å². The molecule has 84 valence electrons. The second-order valence-electron chi connectivity index (χ2n) is 3.99. The molecule has 0 aromatic rings. The first-order chi connectivity index (χ1) is 6.49. The molecule has 0 saturated heterocycles. The van der Waals surface area contributed by atoms with Gasteiger partial charge in [-0.15, -0.1) is 0 Å². The number of aliphatic hydroxyl groups excluding tert-OH is 2. The van der Waals surface area contributed by atoms with Crippen molar-refractivity contribution in [1.29, 1.82) is 0 Å². The van der Waals surface area contributed by atoms with E-state index in [-0.39, 0.29) is 25.7 Å². The highest BCUT2D eigenvalue weighted by Crippen LogP contribution is 2.15. The van der Waals surface area contributed by atoms with Gasteiger partial charge in [-0.3, -0.25) is 4.79 Å². The highest BCUT2D eigenvalue weighted by atomic mass is 16.3. The van der Waals surface area contributed by atoms with E-state index in [1.165, 1.54) is 4.90 Å². The highest BCUT2D eigenvalue weighted by Gasteiger charge is 2.28. The maximum absolute atomic E-state index is 11.6. The van der Waals surface area contributed by atoms with Crippen molar-refractivity contribution >= 4 is 5.91 Å². The zero-order chi connectivity index (χ0) is 11.2.